The van der Waals surface area contributed by atoms with Crippen molar-refractivity contribution in [1.82, 2.24) is 9.78 Å². The summed E-state index contributed by atoms with van der Waals surface area (Å²) >= 11 is 0. The molecule has 0 unspecified atom stereocenters. The number of nitrogens with zero attached hydrogens (tertiary/aromatic N) is 2. The highest BCUT2D eigenvalue weighted by Crippen LogP contribution is 2.19. The highest BCUT2D eigenvalue weighted by Gasteiger charge is 2.14. The Labute approximate surface area is 116 Å². The maximum atomic E-state index is 13.5. The number of hydrogen-bond acceptors (Lipinski definition) is 2. The van der Waals surface area contributed by atoms with Crippen LogP contribution in [0.1, 0.15) is 47.1 Å². The first-order valence-electron chi connectivity index (χ1n) is 6.45. The molecular formula is C15H17FN2O2. The summed E-state index contributed by atoms with van der Waals surface area (Å²) in [5.41, 5.74) is 2.04. The predicted octanol–water partition coefficient (Wildman–Crippen LogP) is 3.20. The number of carboxylic acid groups (broad SMARTS) is 1. The molecule has 2 aromatic rings. The minimum absolute atomic E-state index is 0.271. The van der Waals surface area contributed by atoms with Gasteiger partial charge in [-0.3, -0.25) is 4.68 Å². The largest absolute Gasteiger partial charge is 0.478 e. The van der Waals surface area contributed by atoms with Crippen molar-refractivity contribution < 1.29 is 14.3 Å². The van der Waals surface area contributed by atoms with Crippen LogP contribution in [0, 0.1) is 12.7 Å². The Morgan fingerprint density at radius 2 is 2.15 bits per heavy atom. The zero-order valence-corrected chi connectivity index (χ0v) is 11.7. The Morgan fingerprint density at radius 3 is 2.70 bits per heavy atom. The fourth-order valence-electron chi connectivity index (χ4n) is 2.03. The van der Waals surface area contributed by atoms with Crippen LogP contribution < -0.4 is 0 Å². The molecule has 106 valence electrons. The Morgan fingerprint density at radius 1 is 1.45 bits per heavy atom. The van der Waals surface area contributed by atoms with E-state index in [1.807, 2.05) is 30.8 Å². The van der Waals surface area contributed by atoms with Crippen LogP contribution in [-0.4, -0.2) is 20.9 Å². The number of benzene rings is 1. The summed E-state index contributed by atoms with van der Waals surface area (Å²) in [5.74, 6) is -1.96. The van der Waals surface area contributed by atoms with Gasteiger partial charge in [0.25, 0.3) is 0 Å². The molecule has 2 rings (SSSR count). The number of aromatic nitrogens is 2. The molecule has 4 nitrogen and oxygen atoms in total. The third-order valence-electron chi connectivity index (χ3n) is 3.22. The summed E-state index contributed by atoms with van der Waals surface area (Å²) in [6.07, 6.45) is 2.38. The van der Waals surface area contributed by atoms with Crippen LogP contribution in [0.25, 0.3) is 0 Å². The first-order valence-corrected chi connectivity index (χ1v) is 6.45. The molecular weight excluding hydrogens is 259 g/mol. The number of carboxylic acids is 1. The molecule has 0 spiro atoms. The van der Waals surface area contributed by atoms with Crippen LogP contribution in [0.4, 0.5) is 4.39 Å². The molecule has 1 aromatic carbocycles. The molecule has 20 heavy (non-hydrogen) atoms. The van der Waals surface area contributed by atoms with Gasteiger partial charge in [0.05, 0.1) is 11.3 Å². The molecule has 1 aromatic heterocycles. The minimum atomic E-state index is -1.25. The van der Waals surface area contributed by atoms with Gasteiger partial charge >= 0.3 is 5.97 Å². The zero-order valence-electron chi connectivity index (χ0n) is 11.7. The predicted molar refractivity (Wildman–Crippen MR) is 73.5 cm³/mol. The molecule has 0 aliphatic carbocycles. The molecule has 0 amide bonds. The van der Waals surface area contributed by atoms with E-state index in [0.29, 0.717) is 6.42 Å². The molecule has 0 bridgehead atoms. The van der Waals surface area contributed by atoms with Crippen molar-refractivity contribution in [3.8, 4) is 0 Å². The second-order valence-corrected chi connectivity index (χ2v) is 5.12. The normalized spacial score (nSPS) is 11.1. The Bertz CT molecular complexity index is 647. The summed E-state index contributed by atoms with van der Waals surface area (Å²) in [5, 5.41) is 13.4. The van der Waals surface area contributed by atoms with Gasteiger partial charge in [0, 0.05) is 18.7 Å². The maximum Gasteiger partial charge on any atom is 0.338 e. The number of halogens is 1. The van der Waals surface area contributed by atoms with Gasteiger partial charge in [0.1, 0.15) is 5.82 Å². The number of aryl methyl sites for hydroxylation is 1. The summed E-state index contributed by atoms with van der Waals surface area (Å²) < 4.78 is 15.4. The first kappa shape index (κ1) is 14.2. The fraction of sp³-hybridized carbons (Fsp3) is 0.333. The fourth-order valence-corrected chi connectivity index (χ4v) is 2.03. The molecule has 0 radical (unpaired) electrons. The molecule has 1 heterocycles. The Kier molecular flexibility index (Phi) is 3.88. The molecule has 0 atom stereocenters. The Hall–Kier alpha value is -2.17. The zero-order chi connectivity index (χ0) is 14.9. The quantitative estimate of drug-likeness (QED) is 0.933. The molecule has 0 fully saturated rings. The highest BCUT2D eigenvalue weighted by molar-refractivity contribution is 5.88. The lowest BCUT2D eigenvalue weighted by Crippen LogP contribution is -2.05. The number of hydrogen-bond donors (Lipinski definition) is 1. The third kappa shape index (κ3) is 2.87. The second-order valence-electron chi connectivity index (χ2n) is 5.12. The monoisotopic (exact) mass is 276 g/mol. The van der Waals surface area contributed by atoms with Gasteiger partial charge in [0.2, 0.25) is 0 Å². The van der Waals surface area contributed by atoms with E-state index in [2.05, 4.69) is 5.10 Å². The van der Waals surface area contributed by atoms with Crippen molar-refractivity contribution in [2.75, 3.05) is 0 Å². The van der Waals surface area contributed by atoms with Gasteiger partial charge in [-0.2, -0.15) is 5.10 Å². The third-order valence-corrected chi connectivity index (χ3v) is 3.22. The van der Waals surface area contributed by atoms with Crippen LogP contribution in [0.2, 0.25) is 0 Å². The number of rotatable bonds is 4. The SMILES string of the molecule is Cc1cc(F)c(C(=O)O)cc1Cc1ccn(C(C)C)n1. The molecule has 1 N–H and O–H groups in total. The van der Waals surface area contributed by atoms with Crippen molar-refractivity contribution in [2.45, 2.75) is 33.2 Å². The van der Waals surface area contributed by atoms with E-state index >= 15 is 0 Å². The topological polar surface area (TPSA) is 55.1 Å². The second kappa shape index (κ2) is 5.45. The van der Waals surface area contributed by atoms with Crippen molar-refractivity contribution in [3.05, 3.63) is 52.6 Å². The van der Waals surface area contributed by atoms with E-state index in [1.54, 1.807) is 6.92 Å². The van der Waals surface area contributed by atoms with Gasteiger partial charge in [-0.25, -0.2) is 9.18 Å². The van der Waals surface area contributed by atoms with Gasteiger partial charge < -0.3 is 5.11 Å². The molecule has 0 saturated heterocycles. The van der Waals surface area contributed by atoms with E-state index < -0.39 is 11.8 Å². The standard InChI is InChI=1S/C15H17FN2O2/c1-9(2)18-5-4-12(17-18)7-11-8-13(15(19)20)14(16)6-10(11)3/h4-6,8-9H,7H2,1-3H3,(H,19,20). The smallest absolute Gasteiger partial charge is 0.338 e. The van der Waals surface area contributed by atoms with Gasteiger partial charge in [-0.15, -0.1) is 0 Å². The van der Waals surface area contributed by atoms with Crippen LogP contribution in [-0.2, 0) is 6.42 Å². The molecule has 0 aliphatic rings. The van der Waals surface area contributed by atoms with E-state index in [0.717, 1.165) is 16.8 Å². The van der Waals surface area contributed by atoms with Crippen LogP contribution in [0.5, 0.6) is 0 Å². The summed E-state index contributed by atoms with van der Waals surface area (Å²) in [6, 6.07) is 4.82. The summed E-state index contributed by atoms with van der Waals surface area (Å²) in [4.78, 5) is 11.0. The van der Waals surface area contributed by atoms with Crippen molar-refractivity contribution >= 4 is 5.97 Å². The number of carbonyl (C=O) groups is 1. The van der Waals surface area contributed by atoms with E-state index in [4.69, 9.17) is 5.11 Å². The summed E-state index contributed by atoms with van der Waals surface area (Å²) in [7, 11) is 0. The highest BCUT2D eigenvalue weighted by atomic mass is 19.1. The van der Waals surface area contributed by atoms with Crippen LogP contribution in [0.15, 0.2) is 24.4 Å². The van der Waals surface area contributed by atoms with Gasteiger partial charge in [-0.1, -0.05) is 0 Å². The van der Waals surface area contributed by atoms with Crippen molar-refractivity contribution in [1.29, 1.82) is 0 Å². The van der Waals surface area contributed by atoms with Crippen molar-refractivity contribution in [2.24, 2.45) is 0 Å². The molecule has 0 aliphatic heterocycles. The maximum absolute atomic E-state index is 13.5. The van der Waals surface area contributed by atoms with Crippen LogP contribution in [0.3, 0.4) is 0 Å². The number of aromatic carboxylic acids is 1. The average molecular weight is 276 g/mol. The first-order chi connectivity index (χ1) is 9.38. The lowest BCUT2D eigenvalue weighted by atomic mass is 10.0. The lowest BCUT2D eigenvalue weighted by Gasteiger charge is -2.07. The Balaban J connectivity index is 2.32. The van der Waals surface area contributed by atoms with Gasteiger partial charge in [0.15, 0.2) is 0 Å². The lowest BCUT2D eigenvalue weighted by molar-refractivity contribution is 0.0691. The minimum Gasteiger partial charge on any atom is -0.478 e. The van der Waals surface area contributed by atoms with E-state index in [1.165, 1.54) is 12.1 Å². The van der Waals surface area contributed by atoms with E-state index in [-0.39, 0.29) is 11.6 Å². The molecule has 5 heteroatoms. The average Bonchev–Trinajstić information content (AvgIpc) is 2.80. The summed E-state index contributed by atoms with van der Waals surface area (Å²) in [6.45, 7) is 5.83. The van der Waals surface area contributed by atoms with Crippen LogP contribution >= 0.6 is 0 Å². The van der Waals surface area contributed by atoms with Gasteiger partial charge in [-0.05, 0) is 50.1 Å². The van der Waals surface area contributed by atoms with E-state index in [9.17, 15) is 9.18 Å². The molecule has 0 saturated carbocycles. The van der Waals surface area contributed by atoms with Crippen molar-refractivity contribution in [3.63, 3.8) is 0 Å².